The highest BCUT2D eigenvalue weighted by molar-refractivity contribution is 7.89. The Morgan fingerprint density at radius 3 is 1.21 bits per heavy atom. The van der Waals surface area contributed by atoms with E-state index in [1.54, 1.807) is 141 Å². The number of nitrogens with one attached hydrogen (secondary N) is 3. The fourth-order valence-corrected chi connectivity index (χ4v) is 18.2. The molecule has 0 saturated carbocycles. The molecule has 0 aromatic carbocycles. The molecule has 130 heavy (non-hydrogen) atoms. The summed E-state index contributed by atoms with van der Waals surface area (Å²) in [7, 11) is -19.0. The predicted molar refractivity (Wildman–Crippen MR) is 467 cm³/mol. The van der Waals surface area contributed by atoms with E-state index in [1.807, 2.05) is 48.9 Å². The first-order valence-corrected chi connectivity index (χ1v) is 47.6. The molecule has 12 aromatic heterocycles. The van der Waals surface area contributed by atoms with Crippen molar-refractivity contribution in [1.29, 1.82) is 21.0 Å². The molecular weight excluding hydrogens is 1820 g/mol. The normalized spacial score (nSPS) is 15.4. The largest absolute Gasteiger partial charge is 0.565 e. The van der Waals surface area contributed by atoms with Gasteiger partial charge in [-0.15, -0.1) is 0 Å². The van der Waals surface area contributed by atoms with Crippen molar-refractivity contribution in [2.75, 3.05) is 75.4 Å². The predicted octanol–water partition coefficient (Wildman–Crippen LogP) is 6.50. The SMILES string of the molecule is C.CC(C)C(=O)OCn1ccc2c(-c3cn[nH]c3)ncnc21.CCS(=O)(=O)N1CC(=CC#N)C1.CCS(=O)(=O)N1CC(CC#N)(n2cc(-c3ncnc4[nH]ccc34)cn2)C1.CCS(=O)(=O)N1CC(CC#N)(n2cc(-c3ncnc4[nH]ccc34)cn2)C1.CCS(=O)(=O)N1CC(CC#N)(n2cc(-c3ncnc4c3ccn4COC(=O)C(C)(C)C)cn2)C1.O=[P+]([O-])OO.O=[P+]([O-])OO.[HH].[HH]. The van der Waals surface area contributed by atoms with E-state index in [2.05, 4.69) is 103 Å². The van der Waals surface area contributed by atoms with Gasteiger partial charge in [0, 0.05) is 164 Å². The highest BCUT2D eigenvalue weighted by atomic mass is 32.2. The molecule has 694 valence electrons. The van der Waals surface area contributed by atoms with Crippen molar-refractivity contribution in [1.82, 2.24) is 116 Å². The number of hydrogen-bond acceptors (Lipinski definition) is 36. The van der Waals surface area contributed by atoms with Crippen LogP contribution in [0.5, 0.6) is 0 Å². The van der Waals surface area contributed by atoms with Crippen molar-refractivity contribution in [3.05, 3.63) is 136 Å². The first-order chi connectivity index (χ1) is 61.3. The van der Waals surface area contributed by atoms with Crippen LogP contribution in [0.1, 0.15) is 91.9 Å². The van der Waals surface area contributed by atoms with Crippen LogP contribution in [0.3, 0.4) is 0 Å². The molecule has 4 aliphatic heterocycles. The molecule has 4 fully saturated rings. The van der Waals surface area contributed by atoms with Gasteiger partial charge in [-0.1, -0.05) is 21.3 Å². The summed E-state index contributed by atoms with van der Waals surface area (Å²) in [6.07, 6.45) is 28.9. The molecule has 0 bridgehead atoms. The van der Waals surface area contributed by atoms with E-state index in [0.717, 1.165) is 77.8 Å². The maximum absolute atomic E-state index is 12.2. The average molecular weight is 1910 g/mol. The lowest BCUT2D eigenvalue weighted by Gasteiger charge is -2.47. The van der Waals surface area contributed by atoms with Crippen LogP contribution in [0.25, 0.3) is 89.2 Å². The van der Waals surface area contributed by atoms with Crippen LogP contribution in [0.2, 0.25) is 0 Å². The summed E-state index contributed by atoms with van der Waals surface area (Å²) in [6.45, 7) is 17.8. The Balaban J connectivity index is 0.000000223. The van der Waals surface area contributed by atoms with E-state index in [1.165, 1.54) is 48.6 Å². The first-order valence-electron chi connectivity index (χ1n) is 39.0. The van der Waals surface area contributed by atoms with Gasteiger partial charge in [0.1, 0.15) is 64.5 Å². The smallest absolute Gasteiger partial charge is 0.521 e. The second-order valence-corrected chi connectivity index (χ2v) is 40.6. The standard InChI is InChI=1S/C22H27N7O4S.2C16H17N7O2S.C14H15N5O2.C7H10N2O2S.CH4.2HO4P.2H2/c1-5-34(31,32)28-12-22(13-28,7-8-23)29-11-16(10-26-29)18-17-6-9-27(19(17)25-14-24-18)15-33-20(30)21(2,3)4;2*1-2-26(24,25)22-9-16(10-22,4-5-17)23-8-12(7-21-23)14-13-3-6-18-15(13)20-11-19-14;1-9(2)14(20)21-8-19-4-3-11-12(10-5-17-18-6-10)15-7-16-13(11)19;1-2-12(10,11)9-5-7(6-9)3-4-8;;2*1-4-5(2)3;;/h6,9-11,14H,5,7,12-13,15H2,1-4H3;2*3,6-8,11H,2,4,9-10H2,1H3,(H,18,19,20);3-7,9H,8H2,1-2H3,(H,17,18);3H,2,5-6H2,1H3;1H4;2*1H;2*1H. The number of esters is 2. The molecule has 0 amide bonds. The van der Waals surface area contributed by atoms with Gasteiger partial charge in [0.2, 0.25) is 40.1 Å². The number of nitriles is 4. The minimum atomic E-state index is -3.33. The van der Waals surface area contributed by atoms with Gasteiger partial charge in [-0.05, 0) is 87.4 Å². The quantitative estimate of drug-likeness (QED) is 0.0134. The number of rotatable bonds is 25. The zero-order valence-corrected chi connectivity index (χ0v) is 75.7. The van der Waals surface area contributed by atoms with Crippen LogP contribution in [-0.2, 0) is 108 Å². The second kappa shape index (κ2) is 43.3. The lowest BCUT2D eigenvalue weighted by atomic mass is 9.89. The Hall–Kier alpha value is -12.4. The number of hydrogen-bond donors (Lipinski definition) is 5. The molecule has 0 aliphatic carbocycles. The van der Waals surface area contributed by atoms with Crippen molar-refractivity contribution >= 4 is 113 Å². The number of sulfonamides is 4. The maximum atomic E-state index is 12.2. The number of ether oxygens (including phenoxy) is 2. The average Bonchev–Trinajstić information content (AvgIpc) is 1.45. The number of fused-ring (bicyclic) bond motifs is 4. The summed E-state index contributed by atoms with van der Waals surface area (Å²) in [5, 5.41) is 73.5. The monoisotopic (exact) mass is 1910 g/mol. The van der Waals surface area contributed by atoms with Gasteiger partial charge < -0.3 is 29.2 Å². The lowest BCUT2D eigenvalue weighted by molar-refractivity contribution is -0.245. The molecule has 2 unspecified atom stereocenters. The molecule has 16 heterocycles. The molecule has 2 atom stereocenters. The van der Waals surface area contributed by atoms with E-state index >= 15 is 0 Å². The van der Waals surface area contributed by atoms with Gasteiger partial charge in [0.15, 0.2) is 13.5 Å². The highest BCUT2D eigenvalue weighted by Crippen LogP contribution is 2.40. The number of aromatic nitrogens is 20. The second-order valence-electron chi connectivity index (χ2n) is 30.4. The van der Waals surface area contributed by atoms with Gasteiger partial charge in [0.25, 0.3) is 0 Å². The summed E-state index contributed by atoms with van der Waals surface area (Å²) >= 11 is 0. The molecule has 4 aliphatic rings. The molecule has 5 N–H and O–H groups in total. The van der Waals surface area contributed by atoms with Gasteiger partial charge >= 0.3 is 28.4 Å². The van der Waals surface area contributed by atoms with E-state index in [9.17, 15) is 59.0 Å². The Morgan fingerprint density at radius 1 is 0.538 bits per heavy atom. The Kier molecular flexibility index (Phi) is 33.8. The summed E-state index contributed by atoms with van der Waals surface area (Å²) < 4.78 is 143. The van der Waals surface area contributed by atoms with Crippen molar-refractivity contribution < 1.29 is 94.4 Å². The van der Waals surface area contributed by atoms with E-state index in [4.69, 9.17) is 44.2 Å². The van der Waals surface area contributed by atoms with Crippen molar-refractivity contribution in [3.63, 3.8) is 0 Å². The maximum Gasteiger partial charge on any atom is 0.521 e. The fourth-order valence-electron chi connectivity index (χ4n) is 13.4. The van der Waals surface area contributed by atoms with E-state index in [0.29, 0.717) is 30.0 Å². The first kappa shape index (κ1) is 101. The van der Waals surface area contributed by atoms with Crippen LogP contribution in [0, 0.1) is 56.7 Å². The molecule has 12 aromatic rings. The van der Waals surface area contributed by atoms with Crippen LogP contribution >= 0.6 is 16.5 Å². The van der Waals surface area contributed by atoms with Gasteiger partial charge in [0.05, 0.1) is 125 Å². The Bertz CT molecular complexity index is 6530. The van der Waals surface area contributed by atoms with Gasteiger partial charge in [-0.3, -0.25) is 37.9 Å². The molecule has 54 heteroatoms. The molecule has 16 rings (SSSR count). The minimum Gasteiger partial charge on any atom is -0.565 e. The van der Waals surface area contributed by atoms with E-state index < -0.39 is 78.6 Å². The summed E-state index contributed by atoms with van der Waals surface area (Å²) in [5.41, 5.74) is 7.20. The van der Waals surface area contributed by atoms with Crippen molar-refractivity contribution in [2.24, 2.45) is 11.3 Å². The van der Waals surface area contributed by atoms with Crippen molar-refractivity contribution in [3.8, 4) is 69.3 Å². The molecule has 0 spiro atoms. The third kappa shape index (κ3) is 23.4. The summed E-state index contributed by atoms with van der Waals surface area (Å²) in [6, 6.07) is 15.9. The zero-order chi connectivity index (χ0) is 94.0. The molecule has 0 radical (unpaired) electrons. The third-order valence-electron chi connectivity index (χ3n) is 20.6. The molecule has 4 saturated heterocycles. The Labute approximate surface area is 750 Å². The Morgan fingerprint density at radius 2 is 0.885 bits per heavy atom. The van der Waals surface area contributed by atoms with Crippen molar-refractivity contribution in [2.45, 2.75) is 119 Å². The van der Waals surface area contributed by atoms with Gasteiger partial charge in [-0.2, -0.15) is 58.7 Å². The highest BCUT2D eigenvalue weighted by Gasteiger charge is 2.52. The topological polar surface area (TPSA) is 663 Å². The third-order valence-corrected chi connectivity index (χ3v) is 28.0. The van der Waals surface area contributed by atoms with Gasteiger partial charge in [-0.25, -0.2) is 84.1 Å². The molecular formula is C76H96N28O20P2S4. The number of allylic oxidation sites excluding steroid dienone is 1. The fraction of sp³-hybridized carbons (Fsp3) is 0.421. The number of carbonyl (C=O) groups excluding carboxylic acids is 2. The van der Waals surface area contributed by atoms with Crippen LogP contribution < -0.4 is 9.79 Å². The van der Waals surface area contributed by atoms with Crippen LogP contribution in [0.15, 0.2) is 136 Å². The number of H-pyrrole nitrogens is 3. The summed E-state index contributed by atoms with van der Waals surface area (Å²) in [4.78, 5) is 82.0. The number of aromatic amines is 3. The summed E-state index contributed by atoms with van der Waals surface area (Å²) in [5.74, 6) is -0.455. The zero-order valence-electron chi connectivity index (χ0n) is 70.7. The number of carbonyl (C=O) groups is 2. The lowest BCUT2D eigenvalue weighted by Crippen LogP contribution is -2.64. The molecule has 48 nitrogen and oxygen atoms in total. The van der Waals surface area contributed by atoms with Crippen LogP contribution in [0.4, 0.5) is 0 Å². The minimum absolute atomic E-state index is 0. The number of nitrogens with zero attached hydrogens (tertiary/aromatic N) is 25. The van der Waals surface area contributed by atoms with E-state index in [-0.39, 0.29) is 123 Å². The van der Waals surface area contributed by atoms with Crippen LogP contribution in [-0.4, -0.2) is 247 Å².